The van der Waals surface area contributed by atoms with Gasteiger partial charge < -0.3 is 5.32 Å². The third kappa shape index (κ3) is 3.68. The van der Waals surface area contributed by atoms with Crippen LogP contribution in [0.4, 0.5) is 5.82 Å². The van der Waals surface area contributed by atoms with Gasteiger partial charge in [0.2, 0.25) is 5.91 Å². The zero-order chi connectivity index (χ0) is 19.7. The molecule has 6 heteroatoms. The molecule has 6 nitrogen and oxygen atoms in total. The van der Waals surface area contributed by atoms with Gasteiger partial charge in [-0.1, -0.05) is 38.8 Å². The number of anilines is 1. The summed E-state index contributed by atoms with van der Waals surface area (Å²) in [6.07, 6.45) is 5.67. The van der Waals surface area contributed by atoms with E-state index in [0.29, 0.717) is 36.9 Å². The minimum Gasteiger partial charge on any atom is -0.349 e. The Hall–Kier alpha value is -2.63. The minimum atomic E-state index is -0.00961. The Labute approximate surface area is 165 Å². The van der Waals surface area contributed by atoms with E-state index in [2.05, 4.69) is 24.3 Å². The Morgan fingerprint density at radius 2 is 1.96 bits per heavy atom. The number of rotatable bonds is 4. The summed E-state index contributed by atoms with van der Waals surface area (Å²) in [5, 5.41) is 7.47. The molecule has 1 fully saturated rings. The number of benzene rings is 1. The van der Waals surface area contributed by atoms with Crippen LogP contribution in [0.3, 0.4) is 0 Å². The number of aromatic nitrogens is 2. The molecule has 2 aromatic rings. The number of nitrogens with zero attached hydrogens (tertiary/aromatic N) is 3. The molecule has 1 aromatic heterocycles. The Kier molecular flexibility index (Phi) is 5.20. The lowest BCUT2D eigenvalue weighted by atomic mass is 9.78. The van der Waals surface area contributed by atoms with E-state index in [4.69, 9.17) is 0 Å². The van der Waals surface area contributed by atoms with E-state index in [1.165, 1.54) is 12.8 Å². The molecule has 148 valence electrons. The van der Waals surface area contributed by atoms with Crippen LogP contribution in [-0.4, -0.2) is 27.6 Å². The molecule has 2 amide bonds. The van der Waals surface area contributed by atoms with Crippen LogP contribution in [0.25, 0.3) is 0 Å². The lowest BCUT2D eigenvalue weighted by Gasteiger charge is -2.34. The Morgan fingerprint density at radius 3 is 2.75 bits per heavy atom. The molecular weight excluding hydrogens is 352 g/mol. The van der Waals surface area contributed by atoms with Gasteiger partial charge in [-0.2, -0.15) is 5.10 Å². The zero-order valence-corrected chi connectivity index (χ0v) is 16.6. The first kappa shape index (κ1) is 18.7. The molecule has 1 aliphatic heterocycles. The highest BCUT2D eigenvalue weighted by Crippen LogP contribution is 2.29. The van der Waals surface area contributed by atoms with Crippen LogP contribution in [0.15, 0.2) is 36.5 Å². The van der Waals surface area contributed by atoms with Crippen LogP contribution in [0, 0.1) is 11.8 Å². The van der Waals surface area contributed by atoms with Crippen molar-refractivity contribution in [3.8, 4) is 0 Å². The van der Waals surface area contributed by atoms with E-state index in [0.717, 1.165) is 17.8 Å². The molecule has 3 atom stereocenters. The molecule has 1 aliphatic carbocycles. The molecule has 0 bridgehead atoms. The molecule has 1 aromatic carbocycles. The van der Waals surface area contributed by atoms with Gasteiger partial charge in [-0.3, -0.25) is 14.5 Å². The van der Waals surface area contributed by atoms with Crippen LogP contribution in [-0.2, 0) is 17.9 Å². The molecule has 0 radical (unpaired) electrons. The predicted molar refractivity (Wildman–Crippen MR) is 108 cm³/mol. The Balaban J connectivity index is 1.42. The summed E-state index contributed by atoms with van der Waals surface area (Å²) >= 11 is 0. The van der Waals surface area contributed by atoms with Crippen molar-refractivity contribution in [2.75, 3.05) is 4.90 Å². The van der Waals surface area contributed by atoms with Crippen molar-refractivity contribution in [2.24, 2.45) is 11.8 Å². The highest BCUT2D eigenvalue weighted by molar-refractivity contribution is 5.95. The van der Waals surface area contributed by atoms with E-state index in [-0.39, 0.29) is 17.9 Å². The highest BCUT2D eigenvalue weighted by Gasteiger charge is 2.28. The van der Waals surface area contributed by atoms with E-state index < -0.39 is 0 Å². The maximum Gasteiger partial charge on any atom is 0.251 e. The van der Waals surface area contributed by atoms with E-state index in [1.807, 2.05) is 35.0 Å². The Morgan fingerprint density at radius 1 is 1.18 bits per heavy atom. The summed E-state index contributed by atoms with van der Waals surface area (Å²) in [6, 6.07) is 9.70. The summed E-state index contributed by atoms with van der Waals surface area (Å²) in [7, 11) is 0. The molecular formula is C22H28N4O2. The van der Waals surface area contributed by atoms with Gasteiger partial charge in [0.15, 0.2) is 0 Å². The zero-order valence-electron chi connectivity index (χ0n) is 16.6. The molecule has 4 rings (SSSR count). The SMILES string of the molecule is C[C@@H]1[C@H](C)CCC[C@@H]1NC(=O)c1ccc(CN2C(=O)CCn3nccc32)cc1. The van der Waals surface area contributed by atoms with Crippen LogP contribution in [0.5, 0.6) is 0 Å². The minimum absolute atomic E-state index is 0.00961. The van der Waals surface area contributed by atoms with E-state index in [1.54, 1.807) is 11.1 Å². The fraction of sp³-hybridized carbons (Fsp3) is 0.500. The maximum atomic E-state index is 12.7. The predicted octanol–water partition coefficient (Wildman–Crippen LogP) is 3.37. The third-order valence-corrected chi connectivity index (χ3v) is 6.39. The van der Waals surface area contributed by atoms with Crippen LogP contribution < -0.4 is 10.2 Å². The summed E-state index contributed by atoms with van der Waals surface area (Å²) in [4.78, 5) is 26.8. The van der Waals surface area contributed by atoms with Crippen molar-refractivity contribution in [3.63, 3.8) is 0 Å². The van der Waals surface area contributed by atoms with Crippen molar-refractivity contribution in [1.82, 2.24) is 15.1 Å². The molecule has 28 heavy (non-hydrogen) atoms. The number of fused-ring (bicyclic) bond motifs is 1. The van der Waals surface area contributed by atoms with Gasteiger partial charge in [-0.15, -0.1) is 0 Å². The fourth-order valence-electron chi connectivity index (χ4n) is 4.34. The summed E-state index contributed by atoms with van der Waals surface area (Å²) < 4.78 is 1.86. The lowest BCUT2D eigenvalue weighted by Crippen LogP contribution is -2.43. The van der Waals surface area contributed by atoms with Crippen molar-refractivity contribution in [2.45, 2.75) is 58.7 Å². The number of carbonyl (C=O) groups excluding carboxylic acids is 2. The average molecular weight is 380 g/mol. The van der Waals surface area contributed by atoms with Crippen LogP contribution in [0.1, 0.15) is 55.5 Å². The number of nitrogens with one attached hydrogen (secondary N) is 1. The van der Waals surface area contributed by atoms with Gasteiger partial charge >= 0.3 is 0 Å². The largest absolute Gasteiger partial charge is 0.349 e. The van der Waals surface area contributed by atoms with Crippen molar-refractivity contribution < 1.29 is 9.59 Å². The number of hydrogen-bond donors (Lipinski definition) is 1. The summed E-state index contributed by atoms with van der Waals surface area (Å²) in [6.45, 7) is 5.63. The molecule has 2 aliphatic rings. The van der Waals surface area contributed by atoms with Gasteiger partial charge in [0.05, 0.1) is 19.3 Å². The second-order valence-corrected chi connectivity index (χ2v) is 8.19. The average Bonchev–Trinajstić information content (AvgIpc) is 3.17. The standard InChI is InChI=1S/C22H28N4O2/c1-15-4-3-5-19(16(15)2)24-22(28)18-8-6-17(7-9-18)14-25-20-10-12-23-26(20)13-11-21(25)27/h6-10,12,15-16,19H,3-5,11,13-14H2,1-2H3,(H,24,28)/t15-,16-,19+/m1/s1. The molecule has 1 N–H and O–H groups in total. The maximum absolute atomic E-state index is 12.7. The second-order valence-electron chi connectivity index (χ2n) is 8.19. The molecule has 0 unspecified atom stereocenters. The normalized spacial score (nSPS) is 24.7. The lowest BCUT2D eigenvalue weighted by molar-refractivity contribution is -0.119. The topological polar surface area (TPSA) is 67.2 Å². The number of aryl methyl sites for hydroxylation is 1. The van der Waals surface area contributed by atoms with Crippen molar-refractivity contribution in [1.29, 1.82) is 0 Å². The Bertz CT molecular complexity index is 858. The monoisotopic (exact) mass is 380 g/mol. The number of amides is 2. The highest BCUT2D eigenvalue weighted by atomic mass is 16.2. The fourth-order valence-corrected chi connectivity index (χ4v) is 4.34. The first-order chi connectivity index (χ1) is 13.5. The number of hydrogen-bond acceptors (Lipinski definition) is 3. The van der Waals surface area contributed by atoms with E-state index >= 15 is 0 Å². The first-order valence-corrected chi connectivity index (χ1v) is 10.2. The van der Waals surface area contributed by atoms with Gasteiger partial charge in [0.1, 0.15) is 5.82 Å². The van der Waals surface area contributed by atoms with Crippen molar-refractivity contribution >= 4 is 17.6 Å². The van der Waals surface area contributed by atoms with E-state index in [9.17, 15) is 9.59 Å². The van der Waals surface area contributed by atoms with Gasteiger partial charge in [0.25, 0.3) is 5.91 Å². The summed E-state index contributed by atoms with van der Waals surface area (Å²) in [5.41, 5.74) is 1.67. The molecule has 0 saturated heterocycles. The third-order valence-electron chi connectivity index (χ3n) is 6.39. The smallest absolute Gasteiger partial charge is 0.251 e. The first-order valence-electron chi connectivity index (χ1n) is 10.2. The molecule has 0 spiro atoms. The van der Waals surface area contributed by atoms with Gasteiger partial charge in [-0.25, -0.2) is 4.68 Å². The quantitative estimate of drug-likeness (QED) is 0.884. The molecule has 2 heterocycles. The van der Waals surface area contributed by atoms with Crippen LogP contribution in [0.2, 0.25) is 0 Å². The molecule has 1 saturated carbocycles. The van der Waals surface area contributed by atoms with Crippen LogP contribution >= 0.6 is 0 Å². The van der Waals surface area contributed by atoms with Gasteiger partial charge in [-0.05, 0) is 36.0 Å². The summed E-state index contributed by atoms with van der Waals surface area (Å²) in [5.74, 6) is 2.09. The number of carbonyl (C=O) groups is 2. The van der Waals surface area contributed by atoms with Gasteiger partial charge in [0, 0.05) is 24.1 Å². The van der Waals surface area contributed by atoms with Crippen molar-refractivity contribution in [3.05, 3.63) is 47.7 Å². The second kappa shape index (κ2) is 7.78.